The molecular weight excluding hydrogens is 230 g/mol. The molecule has 0 spiro atoms. The molecule has 1 saturated heterocycles. The van der Waals surface area contributed by atoms with E-state index in [1.54, 1.807) is 4.68 Å². The largest absolute Gasteiger partial charge is 0.377 e. The van der Waals surface area contributed by atoms with Crippen molar-refractivity contribution < 1.29 is 4.74 Å². The van der Waals surface area contributed by atoms with E-state index in [4.69, 9.17) is 10.5 Å². The fraction of sp³-hybridized carbons (Fsp3) is 0.833. The zero-order valence-corrected chi connectivity index (χ0v) is 11.1. The van der Waals surface area contributed by atoms with Crippen molar-refractivity contribution in [2.24, 2.45) is 5.73 Å². The van der Waals surface area contributed by atoms with Crippen molar-refractivity contribution in [3.63, 3.8) is 0 Å². The monoisotopic (exact) mass is 253 g/mol. The molecule has 18 heavy (non-hydrogen) atoms. The van der Waals surface area contributed by atoms with Gasteiger partial charge < -0.3 is 10.5 Å². The van der Waals surface area contributed by atoms with E-state index < -0.39 is 0 Å². The van der Waals surface area contributed by atoms with Crippen LogP contribution in [0.25, 0.3) is 0 Å². The lowest BCUT2D eigenvalue weighted by atomic mass is 10.1. The molecule has 102 valence electrons. The van der Waals surface area contributed by atoms with E-state index in [2.05, 4.69) is 22.1 Å². The van der Waals surface area contributed by atoms with Crippen LogP contribution in [0.3, 0.4) is 0 Å². The molecule has 2 heterocycles. The first-order valence-electron chi connectivity index (χ1n) is 6.75. The van der Waals surface area contributed by atoms with Crippen LogP contribution >= 0.6 is 0 Å². The Kier molecular flexibility index (Phi) is 5.10. The van der Waals surface area contributed by atoms with E-state index in [9.17, 15) is 0 Å². The van der Waals surface area contributed by atoms with E-state index in [1.165, 1.54) is 12.8 Å². The van der Waals surface area contributed by atoms with Gasteiger partial charge in [0.1, 0.15) is 0 Å². The maximum absolute atomic E-state index is 5.70. The molecule has 0 aliphatic carbocycles. The third-order valence-corrected chi connectivity index (χ3v) is 3.19. The standard InChI is InChI=1S/C12H23N5O/c1-2-18-12-4-3-6-16(10-12)8-11-9-17(7-5-13)15-14-11/h9,12H,2-8,10,13H2,1H3. The van der Waals surface area contributed by atoms with Crippen LogP contribution in [0.4, 0.5) is 0 Å². The number of nitrogens with two attached hydrogens (primary N) is 1. The third-order valence-electron chi connectivity index (χ3n) is 3.19. The molecule has 0 amide bonds. The molecule has 1 aromatic heterocycles. The fourth-order valence-electron chi connectivity index (χ4n) is 2.41. The van der Waals surface area contributed by atoms with Crippen LogP contribution in [0.15, 0.2) is 6.20 Å². The zero-order valence-electron chi connectivity index (χ0n) is 11.1. The summed E-state index contributed by atoms with van der Waals surface area (Å²) in [5, 5.41) is 8.23. The molecule has 2 N–H and O–H groups in total. The Hall–Kier alpha value is -0.980. The molecule has 0 aromatic carbocycles. The van der Waals surface area contributed by atoms with Gasteiger partial charge in [-0.1, -0.05) is 5.21 Å². The molecule has 0 saturated carbocycles. The quantitative estimate of drug-likeness (QED) is 0.786. The molecule has 1 aromatic rings. The zero-order chi connectivity index (χ0) is 12.8. The fourth-order valence-corrected chi connectivity index (χ4v) is 2.41. The Bertz CT molecular complexity index is 352. The summed E-state index contributed by atoms with van der Waals surface area (Å²) in [5.74, 6) is 0. The third kappa shape index (κ3) is 3.76. The van der Waals surface area contributed by atoms with Crippen LogP contribution in [0.2, 0.25) is 0 Å². The number of hydrogen-bond acceptors (Lipinski definition) is 5. The molecule has 1 aliphatic rings. The van der Waals surface area contributed by atoms with Crippen molar-refractivity contribution in [3.05, 3.63) is 11.9 Å². The summed E-state index contributed by atoms with van der Waals surface area (Å²) < 4.78 is 7.50. The molecule has 1 fully saturated rings. The van der Waals surface area contributed by atoms with Gasteiger partial charge in [-0.3, -0.25) is 9.58 Å². The van der Waals surface area contributed by atoms with Crippen LogP contribution in [-0.4, -0.2) is 52.2 Å². The molecule has 0 bridgehead atoms. The lowest BCUT2D eigenvalue weighted by Crippen LogP contribution is -2.39. The first kappa shape index (κ1) is 13.5. The van der Waals surface area contributed by atoms with Gasteiger partial charge in [0.05, 0.1) is 18.3 Å². The number of nitrogens with zero attached hydrogens (tertiary/aromatic N) is 4. The van der Waals surface area contributed by atoms with E-state index >= 15 is 0 Å². The second-order valence-electron chi connectivity index (χ2n) is 4.72. The predicted molar refractivity (Wildman–Crippen MR) is 69.0 cm³/mol. The van der Waals surface area contributed by atoms with E-state index in [1.807, 2.05) is 6.20 Å². The van der Waals surface area contributed by atoms with E-state index in [-0.39, 0.29) is 0 Å². The van der Waals surface area contributed by atoms with Crippen LogP contribution in [0.1, 0.15) is 25.5 Å². The molecule has 6 heteroatoms. The van der Waals surface area contributed by atoms with Gasteiger partial charge in [0.15, 0.2) is 0 Å². The van der Waals surface area contributed by atoms with Crippen LogP contribution < -0.4 is 5.73 Å². The average molecular weight is 253 g/mol. The Labute approximate surface area is 108 Å². The summed E-state index contributed by atoms with van der Waals surface area (Å²) in [5.41, 5.74) is 6.50. The Morgan fingerprint density at radius 3 is 3.22 bits per heavy atom. The molecule has 6 nitrogen and oxygen atoms in total. The Balaban J connectivity index is 1.84. The highest BCUT2D eigenvalue weighted by molar-refractivity contribution is 4.93. The van der Waals surface area contributed by atoms with Gasteiger partial charge in [-0.15, -0.1) is 5.10 Å². The summed E-state index contributed by atoms with van der Waals surface area (Å²) in [6, 6.07) is 0. The van der Waals surface area contributed by atoms with Gasteiger partial charge in [-0.2, -0.15) is 0 Å². The van der Waals surface area contributed by atoms with Gasteiger partial charge in [0.2, 0.25) is 0 Å². The van der Waals surface area contributed by atoms with Crippen LogP contribution in [0.5, 0.6) is 0 Å². The highest BCUT2D eigenvalue weighted by Gasteiger charge is 2.20. The topological polar surface area (TPSA) is 69.2 Å². The minimum atomic E-state index is 0.378. The molecule has 2 rings (SSSR count). The highest BCUT2D eigenvalue weighted by atomic mass is 16.5. The van der Waals surface area contributed by atoms with Crippen molar-refractivity contribution in [1.29, 1.82) is 0 Å². The van der Waals surface area contributed by atoms with Crippen LogP contribution in [-0.2, 0) is 17.8 Å². The number of aromatic nitrogens is 3. The van der Waals surface area contributed by atoms with Crippen molar-refractivity contribution in [2.45, 2.75) is 39.0 Å². The van der Waals surface area contributed by atoms with Gasteiger partial charge in [-0.25, -0.2) is 0 Å². The maximum atomic E-state index is 5.70. The van der Waals surface area contributed by atoms with Crippen molar-refractivity contribution in [1.82, 2.24) is 19.9 Å². The first-order valence-corrected chi connectivity index (χ1v) is 6.75. The highest BCUT2D eigenvalue weighted by Crippen LogP contribution is 2.15. The summed E-state index contributed by atoms with van der Waals surface area (Å²) in [6.45, 7) is 7.15. The van der Waals surface area contributed by atoms with Crippen molar-refractivity contribution in [2.75, 3.05) is 26.2 Å². The van der Waals surface area contributed by atoms with Crippen molar-refractivity contribution >= 4 is 0 Å². The predicted octanol–water partition coefficient (Wildman–Crippen LogP) is 0.238. The minimum absolute atomic E-state index is 0.378. The van der Waals surface area contributed by atoms with E-state index in [0.717, 1.165) is 38.5 Å². The number of ether oxygens (including phenoxy) is 1. The molecule has 1 atom stereocenters. The van der Waals surface area contributed by atoms with Gasteiger partial charge in [0.25, 0.3) is 0 Å². The van der Waals surface area contributed by atoms with Gasteiger partial charge >= 0.3 is 0 Å². The average Bonchev–Trinajstić information content (AvgIpc) is 2.78. The molecular formula is C12H23N5O. The number of piperidine rings is 1. The van der Waals surface area contributed by atoms with Crippen molar-refractivity contribution in [3.8, 4) is 0 Å². The normalized spacial score (nSPS) is 21.3. The van der Waals surface area contributed by atoms with E-state index in [0.29, 0.717) is 12.6 Å². The smallest absolute Gasteiger partial charge is 0.0967 e. The molecule has 0 radical (unpaired) electrons. The molecule has 1 unspecified atom stereocenters. The summed E-state index contributed by atoms with van der Waals surface area (Å²) >= 11 is 0. The Morgan fingerprint density at radius 2 is 2.44 bits per heavy atom. The van der Waals surface area contributed by atoms with Crippen LogP contribution in [0, 0.1) is 0 Å². The second kappa shape index (κ2) is 6.82. The molecule has 1 aliphatic heterocycles. The first-order chi connectivity index (χ1) is 8.81. The SMILES string of the molecule is CCOC1CCCN(Cc2cn(CCN)nn2)C1. The maximum Gasteiger partial charge on any atom is 0.0967 e. The lowest BCUT2D eigenvalue weighted by molar-refractivity contribution is 0.00331. The Morgan fingerprint density at radius 1 is 1.56 bits per heavy atom. The number of hydrogen-bond donors (Lipinski definition) is 1. The minimum Gasteiger partial charge on any atom is -0.377 e. The number of rotatable bonds is 6. The summed E-state index contributed by atoms with van der Waals surface area (Å²) in [7, 11) is 0. The van der Waals surface area contributed by atoms with Gasteiger partial charge in [-0.05, 0) is 26.3 Å². The van der Waals surface area contributed by atoms with Gasteiger partial charge in [0, 0.05) is 32.4 Å². The summed E-state index contributed by atoms with van der Waals surface area (Å²) in [4.78, 5) is 2.39. The second-order valence-corrected chi connectivity index (χ2v) is 4.72. The summed E-state index contributed by atoms with van der Waals surface area (Å²) in [6.07, 6.45) is 4.73. The lowest BCUT2D eigenvalue weighted by Gasteiger charge is -2.31. The number of likely N-dealkylation sites (tertiary alicyclic amines) is 1.